The molecule has 0 aromatic carbocycles. The minimum Gasteiger partial charge on any atom is -0.477 e. The summed E-state index contributed by atoms with van der Waals surface area (Å²) in [6.45, 7) is 6.16. The molecule has 5 heterocycles. The van der Waals surface area contributed by atoms with E-state index in [0.717, 1.165) is 50.5 Å². The number of fused-ring (bicyclic) bond motifs is 1. The van der Waals surface area contributed by atoms with Crippen molar-refractivity contribution in [2.75, 3.05) is 70.2 Å². The van der Waals surface area contributed by atoms with E-state index in [4.69, 9.17) is 15.7 Å². The molecular formula is C24H33N11O6S3. The molecule has 44 heavy (non-hydrogen) atoms. The summed E-state index contributed by atoms with van der Waals surface area (Å²) in [5.74, 6) is -1.81. The van der Waals surface area contributed by atoms with E-state index in [1.165, 1.54) is 35.5 Å². The molecule has 3 aliphatic rings. The quantitative estimate of drug-likeness (QED) is 0.0788. The van der Waals surface area contributed by atoms with Crippen LogP contribution in [0.4, 0.5) is 5.13 Å². The number of aryl methyl sites for hydroxylation is 1. The third kappa shape index (κ3) is 7.15. The summed E-state index contributed by atoms with van der Waals surface area (Å²) in [4.78, 5) is 53.1. The highest BCUT2D eigenvalue weighted by Gasteiger charge is 2.54. The van der Waals surface area contributed by atoms with Crippen LogP contribution in [0, 0.1) is 0 Å². The lowest BCUT2D eigenvalue weighted by Crippen LogP contribution is -2.71. The van der Waals surface area contributed by atoms with E-state index in [1.807, 2.05) is 0 Å². The Morgan fingerprint density at radius 3 is 2.64 bits per heavy atom. The van der Waals surface area contributed by atoms with Gasteiger partial charge in [0, 0.05) is 62.7 Å². The SMILES string of the molecule is CON=C(C(=O)NC1C(=O)N2C(C(=O)O)=C(CSc3nnnn3CCCN3CCN(CCO)CC3)CS[C@@H]12)c1csc(N)n1. The number of tetrazole rings is 1. The summed E-state index contributed by atoms with van der Waals surface area (Å²) in [5, 5.41) is 39.3. The number of nitrogens with one attached hydrogen (secondary N) is 1. The maximum Gasteiger partial charge on any atom is 0.352 e. The first kappa shape index (κ1) is 32.1. The van der Waals surface area contributed by atoms with Gasteiger partial charge in [-0.05, 0) is 22.4 Å². The number of nitrogens with two attached hydrogens (primary N) is 1. The van der Waals surface area contributed by atoms with Crippen molar-refractivity contribution in [2.24, 2.45) is 5.16 Å². The van der Waals surface area contributed by atoms with Crippen molar-refractivity contribution in [1.82, 2.24) is 45.2 Å². The van der Waals surface area contributed by atoms with Crippen LogP contribution >= 0.6 is 34.9 Å². The van der Waals surface area contributed by atoms with Crippen molar-refractivity contribution >= 4 is 63.5 Å². The minimum absolute atomic E-state index is 0.0887. The van der Waals surface area contributed by atoms with Crippen LogP contribution in [0.25, 0.3) is 0 Å². The number of thioether (sulfide) groups is 2. The molecule has 2 amide bonds. The molecule has 0 saturated carbocycles. The predicted octanol–water partition coefficient (Wildman–Crippen LogP) is -1.41. The molecule has 0 bridgehead atoms. The summed E-state index contributed by atoms with van der Waals surface area (Å²) in [5.41, 5.74) is 6.22. The minimum atomic E-state index is -1.22. The van der Waals surface area contributed by atoms with Gasteiger partial charge in [0.15, 0.2) is 10.8 Å². The van der Waals surface area contributed by atoms with Crippen LogP contribution in [-0.4, -0.2) is 150 Å². The first-order chi connectivity index (χ1) is 21.3. The van der Waals surface area contributed by atoms with Gasteiger partial charge >= 0.3 is 5.97 Å². The Morgan fingerprint density at radius 1 is 1.23 bits per heavy atom. The number of carbonyl (C=O) groups excluding carboxylic acids is 2. The number of aliphatic carboxylic acids is 1. The van der Waals surface area contributed by atoms with Gasteiger partial charge in [-0.15, -0.1) is 28.2 Å². The van der Waals surface area contributed by atoms with Crippen molar-refractivity contribution in [3.63, 3.8) is 0 Å². The van der Waals surface area contributed by atoms with Gasteiger partial charge in [0.05, 0.1) is 6.61 Å². The average Bonchev–Trinajstić information content (AvgIpc) is 3.66. The van der Waals surface area contributed by atoms with Crippen molar-refractivity contribution in [3.05, 3.63) is 22.3 Å². The van der Waals surface area contributed by atoms with E-state index in [-0.39, 0.29) is 34.6 Å². The second kappa shape index (κ2) is 14.7. The number of hydrogen-bond acceptors (Lipinski definition) is 16. The second-order valence-electron chi connectivity index (χ2n) is 10.0. The molecule has 5 rings (SSSR count). The van der Waals surface area contributed by atoms with Gasteiger partial charge in [-0.3, -0.25) is 19.4 Å². The Hall–Kier alpha value is -3.30. The van der Waals surface area contributed by atoms with Gasteiger partial charge in [-0.1, -0.05) is 16.9 Å². The molecular weight excluding hydrogens is 635 g/mol. The maximum absolute atomic E-state index is 13.1. The van der Waals surface area contributed by atoms with Gasteiger partial charge < -0.3 is 31.0 Å². The summed E-state index contributed by atoms with van der Waals surface area (Å²) in [7, 11) is 1.28. The highest BCUT2D eigenvalue weighted by atomic mass is 32.2. The number of β-amino-alcohol motifs (C(OH)–C–C–N with tert-alkyl or cyclic N) is 1. The lowest BCUT2D eigenvalue weighted by atomic mass is 10.0. The van der Waals surface area contributed by atoms with E-state index in [9.17, 15) is 19.5 Å². The molecule has 20 heteroatoms. The number of anilines is 1. The molecule has 0 aliphatic carbocycles. The number of hydrogen-bond donors (Lipinski definition) is 4. The summed E-state index contributed by atoms with van der Waals surface area (Å²) in [6.07, 6.45) is 0.848. The molecule has 0 spiro atoms. The normalized spacial score (nSPS) is 21.3. The zero-order valence-electron chi connectivity index (χ0n) is 23.9. The number of oxime groups is 1. The molecule has 0 radical (unpaired) electrons. The first-order valence-corrected chi connectivity index (χ1v) is 16.7. The van der Waals surface area contributed by atoms with Crippen LogP contribution in [0.1, 0.15) is 12.1 Å². The Bertz CT molecular complexity index is 1420. The van der Waals surface area contributed by atoms with Crippen LogP contribution in [0.5, 0.6) is 0 Å². The largest absolute Gasteiger partial charge is 0.477 e. The van der Waals surface area contributed by atoms with E-state index in [1.54, 1.807) is 10.1 Å². The monoisotopic (exact) mass is 667 g/mol. The number of thiazole rings is 1. The molecule has 238 valence electrons. The third-order valence-corrected chi connectivity index (χ3v) is 10.4. The van der Waals surface area contributed by atoms with E-state index in [2.05, 4.69) is 40.8 Å². The predicted molar refractivity (Wildman–Crippen MR) is 163 cm³/mol. The molecule has 2 aromatic heterocycles. The molecule has 5 N–H and O–H groups in total. The number of carbonyl (C=O) groups is 3. The van der Waals surface area contributed by atoms with Gasteiger partial charge in [-0.25, -0.2) is 14.5 Å². The first-order valence-electron chi connectivity index (χ1n) is 13.8. The zero-order valence-corrected chi connectivity index (χ0v) is 26.3. The van der Waals surface area contributed by atoms with Crippen LogP contribution in [0.15, 0.2) is 27.0 Å². The highest BCUT2D eigenvalue weighted by molar-refractivity contribution is 8.01. The Labute approximate surface area is 264 Å². The van der Waals surface area contributed by atoms with E-state index in [0.29, 0.717) is 29.6 Å². The Morgan fingerprint density at radius 2 is 1.98 bits per heavy atom. The van der Waals surface area contributed by atoms with Crippen LogP contribution < -0.4 is 11.1 Å². The highest BCUT2D eigenvalue weighted by Crippen LogP contribution is 2.41. The number of carboxylic acid groups (broad SMARTS) is 1. The summed E-state index contributed by atoms with van der Waals surface area (Å²) >= 11 is 3.81. The number of aliphatic hydroxyl groups is 1. The molecule has 2 fully saturated rings. The maximum atomic E-state index is 13.1. The number of nitrogens with zero attached hydrogens (tertiary/aromatic N) is 9. The number of β-lactam (4-membered cyclic amide) rings is 1. The zero-order chi connectivity index (χ0) is 31.2. The lowest BCUT2D eigenvalue weighted by molar-refractivity contribution is -0.150. The molecule has 2 aromatic rings. The molecule has 2 saturated heterocycles. The average molecular weight is 668 g/mol. The number of rotatable bonds is 14. The van der Waals surface area contributed by atoms with Gasteiger partial charge in [0.2, 0.25) is 5.16 Å². The number of carboxylic acids is 1. The number of piperazine rings is 1. The molecule has 3 aliphatic heterocycles. The fraction of sp³-hybridized carbons (Fsp3) is 0.583. The second-order valence-corrected chi connectivity index (χ2v) is 13.0. The number of amides is 2. The van der Waals surface area contributed by atoms with Crippen LogP contribution in [-0.2, 0) is 25.8 Å². The molecule has 1 unspecified atom stereocenters. The fourth-order valence-electron chi connectivity index (χ4n) is 5.11. The van der Waals surface area contributed by atoms with Crippen molar-refractivity contribution in [2.45, 2.75) is 29.5 Å². The summed E-state index contributed by atoms with van der Waals surface area (Å²) < 4.78 is 1.71. The van der Waals surface area contributed by atoms with Crippen LogP contribution in [0.2, 0.25) is 0 Å². The van der Waals surface area contributed by atoms with E-state index < -0.39 is 29.2 Å². The number of aromatic nitrogens is 5. The standard InChI is InChI=1S/C24H33N11O6S3/c1-41-29-16(15-13-43-23(25)26-15)19(37)27-17-20(38)35-18(22(39)40)14(11-42-21(17)35)12-44-24-28-30-31-34(24)4-2-3-32-5-7-33(8-6-32)9-10-36/h13,17,21,36H,2-12H2,1H3,(H2,25,26)(H,27,37)(H,39,40)/t17?,21-/m0/s1. The van der Waals surface area contributed by atoms with Crippen molar-refractivity contribution < 1.29 is 29.4 Å². The Balaban J connectivity index is 1.17. The lowest BCUT2D eigenvalue weighted by Gasteiger charge is -2.49. The smallest absolute Gasteiger partial charge is 0.352 e. The number of aliphatic hydroxyl groups excluding tert-OH is 1. The topological polar surface area (TPSA) is 218 Å². The van der Waals surface area contributed by atoms with Crippen molar-refractivity contribution in [3.8, 4) is 0 Å². The molecule has 2 atom stereocenters. The van der Waals surface area contributed by atoms with E-state index >= 15 is 0 Å². The fourth-order valence-corrected chi connectivity index (χ4v) is 8.05. The van der Waals surface area contributed by atoms with Crippen molar-refractivity contribution in [1.29, 1.82) is 0 Å². The van der Waals surface area contributed by atoms with Crippen LogP contribution in [0.3, 0.4) is 0 Å². The van der Waals surface area contributed by atoms with Gasteiger partial charge in [0.25, 0.3) is 11.8 Å². The summed E-state index contributed by atoms with van der Waals surface area (Å²) in [6, 6.07) is -0.945. The van der Waals surface area contributed by atoms with Gasteiger partial charge in [-0.2, -0.15) is 0 Å². The Kier molecular flexibility index (Phi) is 10.7. The molecule has 17 nitrogen and oxygen atoms in total. The van der Waals surface area contributed by atoms with Gasteiger partial charge in [0.1, 0.15) is 29.9 Å². The third-order valence-electron chi connectivity index (χ3n) is 7.30. The number of nitrogen functional groups attached to an aromatic ring is 1.